The molecular formula is C18H16O5. The molecule has 3 rings (SSSR count). The number of benzene rings is 2. The van der Waals surface area contributed by atoms with Gasteiger partial charge in [0.25, 0.3) is 0 Å². The Balaban J connectivity index is 2.28. The van der Waals surface area contributed by atoms with Gasteiger partial charge in [-0.1, -0.05) is 18.2 Å². The van der Waals surface area contributed by atoms with Gasteiger partial charge in [0.2, 0.25) is 5.43 Å². The summed E-state index contributed by atoms with van der Waals surface area (Å²) in [6.07, 6.45) is 1.39. The van der Waals surface area contributed by atoms with Crippen molar-refractivity contribution in [2.24, 2.45) is 0 Å². The van der Waals surface area contributed by atoms with Crippen LogP contribution in [0, 0.1) is 0 Å². The zero-order valence-electron chi connectivity index (χ0n) is 12.8. The van der Waals surface area contributed by atoms with Crippen molar-refractivity contribution < 1.29 is 19.0 Å². The third-order valence-electron chi connectivity index (χ3n) is 3.71. The number of ether oxygens (including phenoxy) is 2. The predicted molar refractivity (Wildman–Crippen MR) is 86.8 cm³/mol. The quantitative estimate of drug-likeness (QED) is 0.800. The van der Waals surface area contributed by atoms with Crippen LogP contribution in [0.2, 0.25) is 0 Å². The van der Waals surface area contributed by atoms with Crippen molar-refractivity contribution in [1.82, 2.24) is 0 Å². The van der Waals surface area contributed by atoms with E-state index in [1.165, 1.54) is 19.4 Å². The molecule has 0 atom stereocenters. The highest BCUT2D eigenvalue weighted by Gasteiger charge is 2.16. The van der Waals surface area contributed by atoms with Gasteiger partial charge in [-0.05, 0) is 18.2 Å². The van der Waals surface area contributed by atoms with Crippen molar-refractivity contribution in [3.8, 4) is 22.6 Å². The number of methoxy groups -OCH3 is 2. The van der Waals surface area contributed by atoms with E-state index in [0.717, 1.165) is 0 Å². The van der Waals surface area contributed by atoms with Crippen LogP contribution in [0.1, 0.15) is 5.56 Å². The molecule has 0 fully saturated rings. The predicted octanol–water partition coefficient (Wildman–Crippen LogP) is 3.32. The lowest BCUT2D eigenvalue weighted by Gasteiger charge is -2.10. The number of hydrogen-bond donors (Lipinski definition) is 1. The average Bonchev–Trinajstić information content (AvgIpc) is 2.58. The molecule has 0 saturated heterocycles. The highest BCUT2D eigenvalue weighted by molar-refractivity contribution is 5.86. The topological polar surface area (TPSA) is 68.9 Å². The van der Waals surface area contributed by atoms with E-state index in [1.807, 2.05) is 12.1 Å². The van der Waals surface area contributed by atoms with Gasteiger partial charge in [-0.25, -0.2) is 0 Å². The minimum atomic E-state index is -0.187. The summed E-state index contributed by atoms with van der Waals surface area (Å²) in [7, 11) is 3.07. The molecule has 5 nitrogen and oxygen atoms in total. The third-order valence-corrected chi connectivity index (χ3v) is 3.71. The molecule has 2 aromatic carbocycles. The summed E-state index contributed by atoms with van der Waals surface area (Å²) in [6, 6.07) is 10.3. The van der Waals surface area contributed by atoms with Crippen LogP contribution in [0.4, 0.5) is 0 Å². The Morgan fingerprint density at radius 2 is 1.87 bits per heavy atom. The van der Waals surface area contributed by atoms with E-state index in [4.69, 9.17) is 13.9 Å². The molecule has 118 valence electrons. The van der Waals surface area contributed by atoms with Crippen molar-refractivity contribution in [3.05, 3.63) is 58.4 Å². The third kappa shape index (κ3) is 2.55. The van der Waals surface area contributed by atoms with Crippen LogP contribution in [0.5, 0.6) is 11.5 Å². The first-order valence-electron chi connectivity index (χ1n) is 7.06. The highest BCUT2D eigenvalue weighted by atomic mass is 16.5. The van der Waals surface area contributed by atoms with Gasteiger partial charge in [0.15, 0.2) is 0 Å². The Hall–Kier alpha value is -2.79. The number of phenols is 1. The fraction of sp³-hybridized carbons (Fsp3) is 0.167. The minimum Gasteiger partial charge on any atom is -0.507 e. The summed E-state index contributed by atoms with van der Waals surface area (Å²) in [6.45, 7) is 0.153. The van der Waals surface area contributed by atoms with E-state index < -0.39 is 0 Å². The SMILES string of the molecule is COCc1c(O)ccc2c(=O)c(-c3ccccc3OC)coc12. The van der Waals surface area contributed by atoms with Crippen molar-refractivity contribution in [3.63, 3.8) is 0 Å². The number of phenolic OH excluding ortho intramolecular Hbond substituents is 1. The molecule has 1 heterocycles. The molecule has 1 aromatic heterocycles. The Labute approximate surface area is 132 Å². The normalized spacial score (nSPS) is 10.9. The Morgan fingerprint density at radius 1 is 1.09 bits per heavy atom. The Kier molecular flexibility index (Phi) is 4.04. The molecule has 23 heavy (non-hydrogen) atoms. The van der Waals surface area contributed by atoms with E-state index in [9.17, 15) is 9.90 Å². The standard InChI is InChI=1S/C18H16O5/c1-21-9-14-15(19)8-7-12-17(20)13(10-23-18(12)14)11-5-3-4-6-16(11)22-2/h3-8,10,19H,9H2,1-2H3. The summed E-state index contributed by atoms with van der Waals surface area (Å²) >= 11 is 0. The molecule has 0 saturated carbocycles. The molecular weight excluding hydrogens is 296 g/mol. The van der Waals surface area contributed by atoms with E-state index in [0.29, 0.717) is 33.4 Å². The molecule has 0 aliphatic heterocycles. The maximum absolute atomic E-state index is 12.8. The van der Waals surface area contributed by atoms with Gasteiger partial charge in [0, 0.05) is 12.7 Å². The number of rotatable bonds is 4. The molecule has 0 radical (unpaired) electrons. The first kappa shape index (κ1) is 15.1. The molecule has 0 aliphatic carbocycles. The van der Waals surface area contributed by atoms with Gasteiger partial charge in [0.1, 0.15) is 23.3 Å². The van der Waals surface area contributed by atoms with E-state index in [2.05, 4.69) is 0 Å². The largest absolute Gasteiger partial charge is 0.507 e. The van der Waals surface area contributed by atoms with E-state index in [1.54, 1.807) is 25.3 Å². The van der Waals surface area contributed by atoms with Gasteiger partial charge >= 0.3 is 0 Å². The molecule has 1 N–H and O–H groups in total. The van der Waals surface area contributed by atoms with Crippen LogP contribution in [-0.4, -0.2) is 19.3 Å². The molecule has 3 aromatic rings. The van der Waals surface area contributed by atoms with Crippen LogP contribution in [0.3, 0.4) is 0 Å². The summed E-state index contributed by atoms with van der Waals surface area (Å²) in [5, 5.41) is 10.3. The second kappa shape index (κ2) is 6.14. The fourth-order valence-corrected chi connectivity index (χ4v) is 2.58. The fourth-order valence-electron chi connectivity index (χ4n) is 2.58. The second-order valence-corrected chi connectivity index (χ2v) is 5.05. The van der Waals surface area contributed by atoms with Crippen molar-refractivity contribution in [2.75, 3.05) is 14.2 Å². The number of fused-ring (bicyclic) bond motifs is 1. The molecule has 0 spiro atoms. The Bertz CT molecular complexity index is 911. The molecule has 0 unspecified atom stereocenters. The minimum absolute atomic E-state index is 0.0348. The lowest BCUT2D eigenvalue weighted by Crippen LogP contribution is -2.07. The van der Waals surface area contributed by atoms with Crippen molar-refractivity contribution >= 4 is 11.0 Å². The second-order valence-electron chi connectivity index (χ2n) is 5.05. The van der Waals surface area contributed by atoms with Gasteiger partial charge < -0.3 is 19.0 Å². The Morgan fingerprint density at radius 3 is 2.61 bits per heavy atom. The van der Waals surface area contributed by atoms with E-state index >= 15 is 0 Å². The van der Waals surface area contributed by atoms with E-state index in [-0.39, 0.29) is 17.8 Å². The number of para-hydroxylation sites is 1. The summed E-state index contributed by atoms with van der Waals surface area (Å²) in [5.74, 6) is 0.627. The lowest BCUT2D eigenvalue weighted by atomic mass is 10.0. The maximum atomic E-state index is 12.8. The van der Waals surface area contributed by atoms with Crippen LogP contribution < -0.4 is 10.2 Å². The van der Waals surface area contributed by atoms with Gasteiger partial charge in [-0.3, -0.25) is 4.79 Å². The molecule has 5 heteroatoms. The maximum Gasteiger partial charge on any atom is 0.200 e. The van der Waals surface area contributed by atoms with Crippen LogP contribution in [-0.2, 0) is 11.3 Å². The average molecular weight is 312 g/mol. The van der Waals surface area contributed by atoms with Gasteiger partial charge in [0.05, 0.1) is 30.2 Å². The first-order chi connectivity index (χ1) is 11.2. The molecule has 0 bridgehead atoms. The monoisotopic (exact) mass is 312 g/mol. The summed E-state index contributed by atoms with van der Waals surface area (Å²) < 4.78 is 16.0. The smallest absolute Gasteiger partial charge is 0.200 e. The molecule has 0 aliphatic rings. The van der Waals surface area contributed by atoms with Crippen LogP contribution in [0.25, 0.3) is 22.1 Å². The van der Waals surface area contributed by atoms with Gasteiger partial charge in [-0.2, -0.15) is 0 Å². The van der Waals surface area contributed by atoms with Crippen LogP contribution in [0.15, 0.2) is 51.9 Å². The zero-order valence-corrected chi connectivity index (χ0v) is 12.8. The summed E-state index contributed by atoms with van der Waals surface area (Å²) in [4.78, 5) is 12.8. The summed E-state index contributed by atoms with van der Waals surface area (Å²) in [5.41, 5.74) is 1.66. The number of hydrogen-bond acceptors (Lipinski definition) is 5. The lowest BCUT2D eigenvalue weighted by molar-refractivity contribution is 0.182. The highest BCUT2D eigenvalue weighted by Crippen LogP contribution is 2.31. The molecule has 0 amide bonds. The first-order valence-corrected chi connectivity index (χ1v) is 7.06. The van der Waals surface area contributed by atoms with Crippen molar-refractivity contribution in [2.45, 2.75) is 6.61 Å². The zero-order chi connectivity index (χ0) is 16.4. The number of aromatic hydroxyl groups is 1. The van der Waals surface area contributed by atoms with Crippen LogP contribution >= 0.6 is 0 Å². The van der Waals surface area contributed by atoms with Gasteiger partial charge in [-0.15, -0.1) is 0 Å². The van der Waals surface area contributed by atoms with Crippen molar-refractivity contribution in [1.29, 1.82) is 0 Å².